The molecule has 0 aliphatic rings. The van der Waals surface area contributed by atoms with Gasteiger partial charge in [-0.15, -0.1) is 22.7 Å². The van der Waals surface area contributed by atoms with Crippen LogP contribution in [0.25, 0.3) is 15.3 Å². The van der Waals surface area contributed by atoms with E-state index < -0.39 is 12.0 Å². The van der Waals surface area contributed by atoms with Crippen LogP contribution in [0, 0.1) is 5.92 Å². The van der Waals surface area contributed by atoms with E-state index in [2.05, 4.69) is 10.3 Å². The van der Waals surface area contributed by atoms with Gasteiger partial charge in [0.25, 0.3) is 5.91 Å². The third-order valence-electron chi connectivity index (χ3n) is 3.46. The molecule has 1 N–H and O–H groups in total. The Morgan fingerprint density at radius 1 is 1.43 bits per heavy atom. The summed E-state index contributed by atoms with van der Waals surface area (Å²) in [5.74, 6) is -0.421. The van der Waals surface area contributed by atoms with Crippen LogP contribution in [-0.4, -0.2) is 34.4 Å². The maximum Gasteiger partial charge on any atom is 0.328 e. The van der Waals surface area contributed by atoms with Gasteiger partial charge in [-0.05, 0) is 18.4 Å². The predicted molar refractivity (Wildman–Crippen MR) is 91.2 cm³/mol. The number of nitrogens with one attached hydrogen (secondary N) is 1. The van der Waals surface area contributed by atoms with Crippen molar-refractivity contribution in [3.63, 3.8) is 0 Å². The number of thiazole rings is 1. The van der Waals surface area contributed by atoms with Crippen LogP contribution in [0.2, 0.25) is 0 Å². The molecule has 3 heterocycles. The summed E-state index contributed by atoms with van der Waals surface area (Å²) in [5.41, 5.74) is 0.912. The molecule has 122 valence electrons. The standard InChI is InChI=1S/C15H17N3O3S2/c1-8(2)6-9(14(20)21-3)16-12(19)11-7-10-13(23-11)17-15-18(10)4-5-22-15/h4-5,7-9H,6H2,1-3H3,(H,16,19)/t9-/m0/s1. The molecule has 0 radical (unpaired) electrons. The summed E-state index contributed by atoms with van der Waals surface area (Å²) in [6, 6.07) is 1.18. The monoisotopic (exact) mass is 351 g/mol. The Labute approximate surface area is 141 Å². The number of ether oxygens (including phenoxy) is 1. The van der Waals surface area contributed by atoms with Crippen molar-refractivity contribution >= 4 is 49.9 Å². The molecule has 0 aliphatic carbocycles. The van der Waals surface area contributed by atoms with E-state index in [-0.39, 0.29) is 11.8 Å². The molecule has 0 aromatic carbocycles. The van der Waals surface area contributed by atoms with E-state index >= 15 is 0 Å². The first-order chi connectivity index (χ1) is 11.0. The predicted octanol–water partition coefficient (Wildman–Crippen LogP) is 2.93. The molecule has 0 saturated heterocycles. The van der Waals surface area contributed by atoms with E-state index in [9.17, 15) is 9.59 Å². The molecule has 0 fully saturated rings. The SMILES string of the molecule is COC(=O)[C@H](CC(C)C)NC(=O)c1cc2c(nc3sccn32)s1. The quantitative estimate of drug-likeness (QED) is 0.717. The fourth-order valence-electron chi connectivity index (χ4n) is 2.42. The van der Waals surface area contributed by atoms with Crippen molar-refractivity contribution in [2.45, 2.75) is 26.3 Å². The zero-order valence-electron chi connectivity index (χ0n) is 13.0. The van der Waals surface area contributed by atoms with Gasteiger partial charge in [0.05, 0.1) is 17.5 Å². The molecular formula is C15H17N3O3S2. The Bertz CT molecular complexity index is 862. The van der Waals surface area contributed by atoms with Gasteiger partial charge in [-0.2, -0.15) is 0 Å². The molecule has 1 atom stereocenters. The molecule has 1 amide bonds. The Hall–Kier alpha value is -1.93. The lowest BCUT2D eigenvalue weighted by atomic mass is 10.0. The number of hydrogen-bond acceptors (Lipinski definition) is 6. The van der Waals surface area contributed by atoms with Gasteiger partial charge in [0.2, 0.25) is 0 Å². The third kappa shape index (κ3) is 3.09. The maximum absolute atomic E-state index is 12.5. The number of thiophene rings is 1. The van der Waals surface area contributed by atoms with Gasteiger partial charge in [0.15, 0.2) is 4.96 Å². The lowest BCUT2D eigenvalue weighted by molar-refractivity contribution is -0.143. The Balaban J connectivity index is 1.83. The fraction of sp³-hybridized carbons (Fsp3) is 0.400. The highest BCUT2D eigenvalue weighted by Crippen LogP contribution is 2.28. The summed E-state index contributed by atoms with van der Waals surface area (Å²) in [5, 5.41) is 4.72. The summed E-state index contributed by atoms with van der Waals surface area (Å²) in [7, 11) is 1.33. The second-order valence-electron chi connectivity index (χ2n) is 5.65. The summed E-state index contributed by atoms with van der Waals surface area (Å²) in [6.07, 6.45) is 2.47. The lowest BCUT2D eigenvalue weighted by Gasteiger charge is -2.17. The van der Waals surface area contributed by atoms with Crippen LogP contribution in [-0.2, 0) is 9.53 Å². The zero-order chi connectivity index (χ0) is 16.6. The van der Waals surface area contributed by atoms with Crippen molar-refractivity contribution in [2.24, 2.45) is 5.92 Å². The minimum atomic E-state index is -0.634. The highest BCUT2D eigenvalue weighted by molar-refractivity contribution is 7.21. The summed E-state index contributed by atoms with van der Waals surface area (Å²) in [6.45, 7) is 3.99. The van der Waals surface area contributed by atoms with Crippen molar-refractivity contribution < 1.29 is 14.3 Å². The molecule has 3 rings (SSSR count). The molecule has 0 saturated carbocycles. The Kier molecular flexibility index (Phi) is 4.36. The number of aromatic nitrogens is 2. The van der Waals surface area contributed by atoms with Crippen LogP contribution in [0.1, 0.15) is 29.9 Å². The smallest absolute Gasteiger partial charge is 0.328 e. The van der Waals surface area contributed by atoms with Crippen LogP contribution < -0.4 is 5.32 Å². The summed E-state index contributed by atoms with van der Waals surface area (Å²) >= 11 is 2.88. The average Bonchev–Trinajstić information content (AvgIpc) is 3.16. The highest BCUT2D eigenvalue weighted by Gasteiger charge is 2.24. The second-order valence-corrected chi connectivity index (χ2v) is 7.55. The van der Waals surface area contributed by atoms with Crippen LogP contribution in [0.3, 0.4) is 0 Å². The molecule has 0 aliphatic heterocycles. The molecule has 23 heavy (non-hydrogen) atoms. The number of carbonyl (C=O) groups excluding carboxylic acids is 2. The van der Waals surface area contributed by atoms with Crippen molar-refractivity contribution in [2.75, 3.05) is 7.11 Å². The van der Waals surface area contributed by atoms with Gasteiger partial charge in [-0.25, -0.2) is 9.78 Å². The summed E-state index contributed by atoms with van der Waals surface area (Å²) < 4.78 is 6.73. The van der Waals surface area contributed by atoms with E-state index in [0.29, 0.717) is 11.3 Å². The number of amides is 1. The second kappa shape index (κ2) is 6.29. The molecule has 0 unspecified atom stereocenters. The first-order valence-electron chi connectivity index (χ1n) is 7.23. The van der Waals surface area contributed by atoms with Gasteiger partial charge >= 0.3 is 5.97 Å². The molecule has 8 heteroatoms. The average molecular weight is 351 g/mol. The number of fused-ring (bicyclic) bond motifs is 3. The summed E-state index contributed by atoms with van der Waals surface area (Å²) in [4.78, 5) is 31.0. The van der Waals surface area contributed by atoms with E-state index in [0.717, 1.165) is 15.3 Å². The van der Waals surface area contributed by atoms with Crippen molar-refractivity contribution in [1.29, 1.82) is 0 Å². The van der Waals surface area contributed by atoms with Gasteiger partial charge in [0, 0.05) is 11.6 Å². The van der Waals surface area contributed by atoms with E-state index in [1.54, 1.807) is 11.3 Å². The van der Waals surface area contributed by atoms with Crippen molar-refractivity contribution in [3.8, 4) is 0 Å². The van der Waals surface area contributed by atoms with Crippen LogP contribution in [0.4, 0.5) is 0 Å². The van der Waals surface area contributed by atoms with Gasteiger partial charge in [0.1, 0.15) is 10.9 Å². The number of rotatable bonds is 5. The van der Waals surface area contributed by atoms with Crippen LogP contribution >= 0.6 is 22.7 Å². The number of hydrogen-bond donors (Lipinski definition) is 1. The minimum absolute atomic E-state index is 0.270. The number of methoxy groups -OCH3 is 1. The molecule has 3 aromatic rings. The third-order valence-corrected chi connectivity index (χ3v) is 5.24. The Morgan fingerprint density at radius 3 is 2.91 bits per heavy atom. The maximum atomic E-state index is 12.5. The van der Waals surface area contributed by atoms with Crippen molar-refractivity contribution in [1.82, 2.24) is 14.7 Å². The van der Waals surface area contributed by atoms with Gasteiger partial charge in [-0.1, -0.05) is 13.8 Å². The molecule has 0 bridgehead atoms. The highest BCUT2D eigenvalue weighted by atomic mass is 32.1. The first kappa shape index (κ1) is 15.9. The van der Waals surface area contributed by atoms with Crippen LogP contribution in [0.15, 0.2) is 17.6 Å². The fourth-order valence-corrected chi connectivity index (χ4v) is 4.12. The lowest BCUT2D eigenvalue weighted by Crippen LogP contribution is -2.42. The molecular weight excluding hydrogens is 334 g/mol. The van der Waals surface area contributed by atoms with Crippen LogP contribution in [0.5, 0.6) is 0 Å². The Morgan fingerprint density at radius 2 is 2.22 bits per heavy atom. The number of carbonyl (C=O) groups is 2. The van der Waals surface area contributed by atoms with Gasteiger partial charge in [-0.3, -0.25) is 9.20 Å². The zero-order valence-corrected chi connectivity index (χ0v) is 14.7. The topological polar surface area (TPSA) is 72.7 Å². The molecule has 0 spiro atoms. The minimum Gasteiger partial charge on any atom is -0.467 e. The van der Waals surface area contributed by atoms with Gasteiger partial charge < -0.3 is 10.1 Å². The first-order valence-corrected chi connectivity index (χ1v) is 8.93. The molecule has 6 nitrogen and oxygen atoms in total. The van der Waals surface area contributed by atoms with E-state index in [1.807, 2.05) is 35.9 Å². The normalized spacial score (nSPS) is 12.9. The van der Waals surface area contributed by atoms with E-state index in [1.165, 1.54) is 18.4 Å². The van der Waals surface area contributed by atoms with Crippen molar-refractivity contribution in [3.05, 3.63) is 22.5 Å². The largest absolute Gasteiger partial charge is 0.467 e. The number of nitrogens with zero attached hydrogens (tertiary/aromatic N) is 2. The number of esters is 1. The van der Waals surface area contributed by atoms with E-state index in [4.69, 9.17) is 4.74 Å². The molecule has 3 aromatic heterocycles. The number of imidazole rings is 1.